The molecule has 1 amide bonds. The van der Waals surface area contributed by atoms with E-state index in [-0.39, 0.29) is 5.91 Å². The molecule has 0 spiro atoms. The van der Waals surface area contributed by atoms with Crippen molar-refractivity contribution >= 4 is 11.6 Å². The molecule has 154 valence electrons. The lowest BCUT2D eigenvalue weighted by Gasteiger charge is -2.21. The van der Waals surface area contributed by atoms with E-state index < -0.39 is 0 Å². The lowest BCUT2D eigenvalue weighted by molar-refractivity contribution is -0.116. The van der Waals surface area contributed by atoms with Crippen LogP contribution >= 0.6 is 0 Å². The minimum absolute atomic E-state index is 0.00686. The van der Waals surface area contributed by atoms with E-state index in [0.717, 1.165) is 40.4 Å². The molecule has 3 aromatic carbocycles. The highest BCUT2D eigenvalue weighted by molar-refractivity contribution is 5.95. The average molecular weight is 402 g/mol. The SMILES string of the molecule is CN(CCC(=O)Nc1ccccc1-c1ccccc1)Cc1ccc2c(c1)OCCO2. The van der Waals surface area contributed by atoms with Gasteiger partial charge in [-0.1, -0.05) is 54.6 Å². The number of nitrogens with one attached hydrogen (secondary N) is 1. The van der Waals surface area contributed by atoms with Crippen LogP contribution in [0.15, 0.2) is 72.8 Å². The third-order valence-electron chi connectivity index (χ3n) is 5.07. The van der Waals surface area contributed by atoms with E-state index in [0.29, 0.717) is 26.2 Å². The molecule has 30 heavy (non-hydrogen) atoms. The number of carbonyl (C=O) groups is 1. The van der Waals surface area contributed by atoms with Crippen molar-refractivity contribution in [1.29, 1.82) is 0 Å². The molecule has 1 heterocycles. The van der Waals surface area contributed by atoms with Gasteiger partial charge in [-0.2, -0.15) is 0 Å². The maximum atomic E-state index is 12.6. The number of rotatable bonds is 7. The number of para-hydroxylation sites is 1. The number of anilines is 1. The highest BCUT2D eigenvalue weighted by Crippen LogP contribution is 2.31. The zero-order valence-corrected chi connectivity index (χ0v) is 17.1. The maximum absolute atomic E-state index is 12.6. The standard InChI is InChI=1S/C25H26N2O3/c1-27(18-19-11-12-23-24(17-19)30-16-15-29-23)14-13-25(28)26-22-10-6-5-9-21(22)20-7-3-2-4-8-20/h2-12,17H,13-16,18H2,1H3,(H,26,28). The van der Waals surface area contributed by atoms with E-state index in [4.69, 9.17) is 9.47 Å². The summed E-state index contributed by atoms with van der Waals surface area (Å²) in [5.74, 6) is 1.60. The number of carbonyl (C=O) groups excluding carboxylic acids is 1. The minimum atomic E-state index is 0.00686. The molecule has 0 atom stereocenters. The van der Waals surface area contributed by atoms with Gasteiger partial charge in [0.15, 0.2) is 11.5 Å². The average Bonchev–Trinajstić information content (AvgIpc) is 2.79. The monoisotopic (exact) mass is 402 g/mol. The van der Waals surface area contributed by atoms with Crippen LogP contribution in [0.3, 0.4) is 0 Å². The van der Waals surface area contributed by atoms with Gasteiger partial charge in [-0.25, -0.2) is 0 Å². The van der Waals surface area contributed by atoms with E-state index in [2.05, 4.69) is 10.2 Å². The molecular weight excluding hydrogens is 376 g/mol. The lowest BCUT2D eigenvalue weighted by atomic mass is 10.0. The molecule has 5 heteroatoms. The number of ether oxygens (including phenoxy) is 2. The number of benzene rings is 3. The quantitative estimate of drug-likeness (QED) is 0.628. The van der Waals surface area contributed by atoms with E-state index in [1.807, 2.05) is 79.8 Å². The Morgan fingerprint density at radius 3 is 2.50 bits per heavy atom. The summed E-state index contributed by atoms with van der Waals surface area (Å²) in [6.45, 7) is 2.57. The minimum Gasteiger partial charge on any atom is -0.486 e. The number of fused-ring (bicyclic) bond motifs is 1. The van der Waals surface area contributed by atoms with Crippen molar-refractivity contribution in [2.45, 2.75) is 13.0 Å². The summed E-state index contributed by atoms with van der Waals surface area (Å²) in [5.41, 5.74) is 4.08. The Morgan fingerprint density at radius 1 is 0.933 bits per heavy atom. The molecular formula is C25H26N2O3. The van der Waals surface area contributed by atoms with Gasteiger partial charge in [0.2, 0.25) is 5.91 Å². The molecule has 0 saturated heterocycles. The summed E-state index contributed by atoms with van der Waals surface area (Å²) in [4.78, 5) is 14.7. The first kappa shape index (κ1) is 20.0. The Balaban J connectivity index is 1.32. The van der Waals surface area contributed by atoms with Crippen molar-refractivity contribution in [1.82, 2.24) is 4.90 Å². The van der Waals surface area contributed by atoms with E-state index in [1.54, 1.807) is 0 Å². The van der Waals surface area contributed by atoms with Crippen molar-refractivity contribution in [2.75, 3.05) is 32.1 Å². The van der Waals surface area contributed by atoms with Gasteiger partial charge in [-0.15, -0.1) is 0 Å². The fraction of sp³-hybridized carbons (Fsp3) is 0.240. The summed E-state index contributed by atoms with van der Waals surface area (Å²) < 4.78 is 11.2. The Hall–Kier alpha value is -3.31. The van der Waals surface area contributed by atoms with Crippen molar-refractivity contribution in [3.05, 3.63) is 78.4 Å². The van der Waals surface area contributed by atoms with Crippen LogP contribution in [0, 0.1) is 0 Å². The van der Waals surface area contributed by atoms with Crippen LogP contribution < -0.4 is 14.8 Å². The largest absolute Gasteiger partial charge is 0.486 e. The van der Waals surface area contributed by atoms with Crippen LogP contribution in [0.5, 0.6) is 11.5 Å². The van der Waals surface area contributed by atoms with Crippen LogP contribution in [0.2, 0.25) is 0 Å². The van der Waals surface area contributed by atoms with Crippen molar-refractivity contribution in [2.24, 2.45) is 0 Å². The first-order valence-corrected chi connectivity index (χ1v) is 10.2. The summed E-state index contributed by atoms with van der Waals surface area (Å²) in [6.07, 6.45) is 0.421. The van der Waals surface area contributed by atoms with Crippen molar-refractivity contribution < 1.29 is 14.3 Å². The smallest absolute Gasteiger partial charge is 0.225 e. The van der Waals surface area contributed by atoms with Gasteiger partial charge in [0.25, 0.3) is 0 Å². The van der Waals surface area contributed by atoms with E-state index >= 15 is 0 Å². The first-order valence-electron chi connectivity index (χ1n) is 10.2. The van der Waals surface area contributed by atoms with Gasteiger partial charge in [0.05, 0.1) is 0 Å². The first-order chi connectivity index (χ1) is 14.7. The Labute approximate surface area is 177 Å². The van der Waals surface area contributed by atoms with Crippen LogP contribution in [-0.2, 0) is 11.3 Å². The third kappa shape index (κ3) is 4.99. The zero-order valence-electron chi connectivity index (χ0n) is 17.1. The molecule has 0 radical (unpaired) electrons. The number of nitrogens with zero attached hydrogens (tertiary/aromatic N) is 1. The fourth-order valence-corrected chi connectivity index (χ4v) is 3.54. The molecule has 0 aliphatic carbocycles. The van der Waals surface area contributed by atoms with Crippen molar-refractivity contribution in [3.63, 3.8) is 0 Å². The molecule has 1 aliphatic rings. The van der Waals surface area contributed by atoms with E-state index in [1.165, 1.54) is 0 Å². The van der Waals surface area contributed by atoms with Crippen LogP contribution in [0.4, 0.5) is 5.69 Å². The highest BCUT2D eigenvalue weighted by atomic mass is 16.6. The molecule has 0 aromatic heterocycles. The van der Waals surface area contributed by atoms with Crippen molar-refractivity contribution in [3.8, 4) is 22.6 Å². The van der Waals surface area contributed by atoms with Gasteiger partial charge < -0.3 is 19.7 Å². The van der Waals surface area contributed by atoms with Gasteiger partial charge in [0, 0.05) is 30.8 Å². The summed E-state index contributed by atoms with van der Waals surface area (Å²) in [5, 5.41) is 3.07. The van der Waals surface area contributed by atoms with Gasteiger partial charge in [-0.3, -0.25) is 4.79 Å². The predicted molar refractivity (Wildman–Crippen MR) is 119 cm³/mol. The molecule has 0 bridgehead atoms. The topological polar surface area (TPSA) is 50.8 Å². The molecule has 5 nitrogen and oxygen atoms in total. The molecule has 1 aliphatic heterocycles. The van der Waals surface area contributed by atoms with Gasteiger partial charge >= 0.3 is 0 Å². The summed E-state index contributed by atoms with van der Waals surface area (Å²) >= 11 is 0. The number of hydrogen-bond acceptors (Lipinski definition) is 4. The zero-order chi connectivity index (χ0) is 20.8. The number of hydrogen-bond donors (Lipinski definition) is 1. The Bertz CT molecular complexity index is 1000. The normalized spacial score (nSPS) is 12.6. The molecule has 4 rings (SSSR count). The summed E-state index contributed by atoms with van der Waals surface area (Å²) in [7, 11) is 2.02. The molecule has 3 aromatic rings. The Morgan fingerprint density at radius 2 is 1.67 bits per heavy atom. The highest BCUT2D eigenvalue weighted by Gasteiger charge is 2.13. The van der Waals surface area contributed by atoms with Crippen LogP contribution in [-0.4, -0.2) is 37.6 Å². The summed E-state index contributed by atoms with van der Waals surface area (Å²) in [6, 6.07) is 24.0. The molecule has 0 saturated carbocycles. The fourth-order valence-electron chi connectivity index (χ4n) is 3.54. The lowest BCUT2D eigenvalue weighted by Crippen LogP contribution is -2.24. The number of amides is 1. The van der Waals surface area contributed by atoms with E-state index in [9.17, 15) is 4.79 Å². The second-order valence-electron chi connectivity index (χ2n) is 7.43. The molecule has 0 fully saturated rings. The predicted octanol–water partition coefficient (Wildman–Crippen LogP) is 4.59. The second-order valence-corrected chi connectivity index (χ2v) is 7.43. The molecule has 1 N–H and O–H groups in total. The maximum Gasteiger partial charge on any atom is 0.225 e. The van der Waals surface area contributed by atoms with Gasteiger partial charge in [0.1, 0.15) is 13.2 Å². The van der Waals surface area contributed by atoms with Gasteiger partial charge in [-0.05, 0) is 36.4 Å². The van der Waals surface area contributed by atoms with Crippen LogP contribution in [0.1, 0.15) is 12.0 Å². The van der Waals surface area contributed by atoms with Crippen LogP contribution in [0.25, 0.3) is 11.1 Å². The second kappa shape index (κ2) is 9.46. The Kier molecular flexibility index (Phi) is 6.30. The third-order valence-corrected chi connectivity index (χ3v) is 5.07. The molecule has 0 unspecified atom stereocenters.